The zero-order valence-electron chi connectivity index (χ0n) is 18.7. The molecule has 34 heavy (non-hydrogen) atoms. The summed E-state index contributed by atoms with van der Waals surface area (Å²) in [5.41, 5.74) is 2.98. The number of nitrogens with zero attached hydrogens (tertiary/aromatic N) is 6. The van der Waals surface area contributed by atoms with E-state index in [1.165, 1.54) is 12.1 Å². The van der Waals surface area contributed by atoms with Crippen LogP contribution in [0, 0.1) is 5.82 Å². The Morgan fingerprint density at radius 1 is 1.32 bits per heavy atom. The molecule has 0 unspecified atom stereocenters. The second-order valence-electron chi connectivity index (χ2n) is 7.99. The lowest BCUT2D eigenvalue weighted by molar-refractivity contribution is 0.0907. The van der Waals surface area contributed by atoms with Crippen LogP contribution in [0.5, 0.6) is 0 Å². The third-order valence-electron chi connectivity index (χ3n) is 5.48. The number of aromatic nitrogens is 7. The number of carbonyl (C=O) groups is 1. The summed E-state index contributed by atoms with van der Waals surface area (Å²) in [7, 11) is 1.58. The van der Waals surface area contributed by atoms with Gasteiger partial charge in [0.25, 0.3) is 5.91 Å². The Labute approximate surface area is 193 Å². The Morgan fingerprint density at radius 3 is 3.00 bits per heavy atom. The second kappa shape index (κ2) is 9.02. The zero-order valence-corrected chi connectivity index (χ0v) is 18.7. The van der Waals surface area contributed by atoms with E-state index in [1.807, 2.05) is 19.2 Å². The highest BCUT2D eigenvalue weighted by atomic mass is 19.1. The number of ether oxygens (including phenoxy) is 1. The molecule has 0 spiro atoms. The van der Waals surface area contributed by atoms with E-state index in [1.54, 1.807) is 41.1 Å². The van der Waals surface area contributed by atoms with E-state index in [4.69, 9.17) is 14.8 Å². The average Bonchev–Trinajstić information content (AvgIpc) is 3.56. The number of hydrogen-bond acceptors (Lipinski definition) is 6. The molecular formula is C23H23FN8O2. The van der Waals surface area contributed by atoms with Gasteiger partial charge < -0.3 is 15.0 Å². The van der Waals surface area contributed by atoms with Crippen LogP contribution in [0.2, 0.25) is 0 Å². The number of halogens is 1. The molecule has 0 saturated heterocycles. The van der Waals surface area contributed by atoms with Gasteiger partial charge in [0.15, 0.2) is 5.65 Å². The highest BCUT2D eigenvalue weighted by molar-refractivity contribution is 6.05. The zero-order chi connectivity index (χ0) is 23.7. The molecule has 10 nitrogen and oxygen atoms in total. The molecule has 0 radical (unpaired) electrons. The maximum Gasteiger partial charge on any atom is 0.255 e. The third kappa shape index (κ3) is 4.13. The standard InChI is InChI=1S/C23H23FN8O2/c1-14(13-34-2)28-23(33)17-11-25-22-21(17)29-18(12-26-22)20-16-5-4-15(24)10-19(16)32(30-20)9-8-31-7-3-6-27-31/h3-7,10-12,14H,8-9,13H2,1-2H3,(H,25,26)(H,28,33)/t14-/m0/s1. The molecule has 0 aliphatic heterocycles. The molecule has 5 rings (SSSR count). The first-order chi connectivity index (χ1) is 16.5. The van der Waals surface area contributed by atoms with Gasteiger partial charge in [-0.2, -0.15) is 10.2 Å². The van der Waals surface area contributed by atoms with E-state index in [0.29, 0.717) is 53.3 Å². The maximum atomic E-state index is 14.1. The minimum absolute atomic E-state index is 0.164. The lowest BCUT2D eigenvalue weighted by Crippen LogP contribution is -2.35. The minimum Gasteiger partial charge on any atom is -0.383 e. The van der Waals surface area contributed by atoms with Crippen molar-refractivity contribution >= 4 is 28.0 Å². The lowest BCUT2D eigenvalue weighted by Gasteiger charge is -2.11. The SMILES string of the molecule is COC[C@H](C)NC(=O)c1c[nH]c2ncc(-c3nn(CCn4cccn4)c4cc(F)ccc34)nc12. The van der Waals surface area contributed by atoms with Gasteiger partial charge in [-0.1, -0.05) is 0 Å². The van der Waals surface area contributed by atoms with Crippen molar-refractivity contribution in [1.29, 1.82) is 0 Å². The number of hydrogen-bond donors (Lipinski definition) is 2. The largest absolute Gasteiger partial charge is 0.383 e. The summed E-state index contributed by atoms with van der Waals surface area (Å²) >= 11 is 0. The lowest BCUT2D eigenvalue weighted by atomic mass is 10.1. The summed E-state index contributed by atoms with van der Waals surface area (Å²) < 4.78 is 22.7. The van der Waals surface area contributed by atoms with Crippen molar-refractivity contribution in [3.63, 3.8) is 0 Å². The van der Waals surface area contributed by atoms with Crippen molar-refractivity contribution in [2.45, 2.75) is 26.1 Å². The summed E-state index contributed by atoms with van der Waals surface area (Å²) in [5, 5.41) is 12.6. The van der Waals surface area contributed by atoms with Crippen molar-refractivity contribution in [3.8, 4) is 11.4 Å². The number of H-pyrrole nitrogens is 1. The number of aromatic amines is 1. The number of amides is 1. The van der Waals surface area contributed by atoms with Gasteiger partial charge in [0.05, 0.1) is 37.0 Å². The molecule has 5 aromatic rings. The van der Waals surface area contributed by atoms with E-state index < -0.39 is 0 Å². The Kier molecular flexibility index (Phi) is 5.76. The Bertz CT molecular complexity index is 1460. The molecule has 174 valence electrons. The van der Waals surface area contributed by atoms with E-state index in [9.17, 15) is 9.18 Å². The van der Waals surface area contributed by atoms with Crippen LogP contribution >= 0.6 is 0 Å². The highest BCUT2D eigenvalue weighted by Gasteiger charge is 2.20. The quantitative estimate of drug-likeness (QED) is 0.366. The first-order valence-corrected chi connectivity index (χ1v) is 10.8. The van der Waals surface area contributed by atoms with Gasteiger partial charge >= 0.3 is 0 Å². The summed E-state index contributed by atoms with van der Waals surface area (Å²) in [5.74, 6) is -0.630. The van der Waals surface area contributed by atoms with Crippen molar-refractivity contribution < 1.29 is 13.9 Å². The normalized spacial score (nSPS) is 12.4. The van der Waals surface area contributed by atoms with Gasteiger partial charge in [-0.25, -0.2) is 14.4 Å². The maximum absolute atomic E-state index is 14.1. The number of benzene rings is 1. The molecule has 11 heteroatoms. The van der Waals surface area contributed by atoms with Gasteiger partial charge in [0.1, 0.15) is 22.7 Å². The third-order valence-corrected chi connectivity index (χ3v) is 5.48. The fraction of sp³-hybridized carbons (Fsp3) is 0.261. The molecule has 0 bridgehead atoms. The number of rotatable bonds is 8. The van der Waals surface area contributed by atoms with Gasteiger partial charge in [-0.3, -0.25) is 14.2 Å². The molecule has 0 aliphatic rings. The number of carbonyl (C=O) groups excluding carboxylic acids is 1. The van der Waals surface area contributed by atoms with Crippen LogP contribution in [0.25, 0.3) is 33.5 Å². The van der Waals surface area contributed by atoms with Crippen LogP contribution in [-0.2, 0) is 17.8 Å². The first kappa shape index (κ1) is 21.7. The van der Waals surface area contributed by atoms with E-state index >= 15 is 0 Å². The van der Waals surface area contributed by atoms with E-state index in [2.05, 4.69) is 20.4 Å². The molecule has 0 aliphatic carbocycles. The molecule has 0 fully saturated rings. The van der Waals surface area contributed by atoms with Crippen LogP contribution in [0.15, 0.2) is 49.1 Å². The van der Waals surface area contributed by atoms with E-state index in [0.717, 1.165) is 5.39 Å². The topological polar surface area (TPSA) is 116 Å². The minimum atomic E-state index is -0.351. The molecule has 2 N–H and O–H groups in total. The molecular weight excluding hydrogens is 439 g/mol. The molecule has 1 aromatic carbocycles. The summed E-state index contributed by atoms with van der Waals surface area (Å²) in [4.78, 5) is 24.9. The van der Waals surface area contributed by atoms with Gasteiger partial charge in [0, 0.05) is 37.1 Å². The van der Waals surface area contributed by atoms with Crippen molar-refractivity contribution in [1.82, 2.24) is 39.8 Å². The Balaban J connectivity index is 1.53. The predicted molar refractivity (Wildman–Crippen MR) is 124 cm³/mol. The number of fused-ring (bicyclic) bond motifs is 2. The van der Waals surface area contributed by atoms with Gasteiger partial charge in [-0.15, -0.1) is 0 Å². The monoisotopic (exact) mass is 462 g/mol. The van der Waals surface area contributed by atoms with Crippen molar-refractivity contribution in [2.75, 3.05) is 13.7 Å². The fourth-order valence-corrected chi connectivity index (χ4v) is 3.91. The number of nitrogens with one attached hydrogen (secondary N) is 2. The van der Waals surface area contributed by atoms with Crippen LogP contribution in [0.3, 0.4) is 0 Å². The summed E-state index contributed by atoms with van der Waals surface area (Å²) in [6.07, 6.45) is 6.74. The Hall–Kier alpha value is -4.12. The molecule has 1 atom stereocenters. The van der Waals surface area contributed by atoms with Crippen LogP contribution < -0.4 is 5.32 Å². The predicted octanol–water partition coefficient (Wildman–Crippen LogP) is 2.78. The smallest absolute Gasteiger partial charge is 0.255 e. The van der Waals surface area contributed by atoms with Crippen molar-refractivity contribution in [2.24, 2.45) is 0 Å². The van der Waals surface area contributed by atoms with Crippen LogP contribution in [-0.4, -0.2) is 60.2 Å². The number of aryl methyl sites for hydroxylation is 2. The molecule has 4 heterocycles. The van der Waals surface area contributed by atoms with Gasteiger partial charge in [0.2, 0.25) is 0 Å². The summed E-state index contributed by atoms with van der Waals surface area (Å²) in [6.45, 7) is 3.32. The summed E-state index contributed by atoms with van der Waals surface area (Å²) in [6, 6.07) is 6.21. The van der Waals surface area contributed by atoms with E-state index in [-0.39, 0.29) is 17.8 Å². The highest BCUT2D eigenvalue weighted by Crippen LogP contribution is 2.28. The Morgan fingerprint density at radius 2 is 2.21 bits per heavy atom. The fourth-order valence-electron chi connectivity index (χ4n) is 3.91. The van der Waals surface area contributed by atoms with Crippen molar-refractivity contribution in [3.05, 3.63) is 60.4 Å². The van der Waals surface area contributed by atoms with Gasteiger partial charge in [-0.05, 0) is 31.2 Å². The average molecular weight is 462 g/mol. The van der Waals surface area contributed by atoms with Crippen LogP contribution in [0.1, 0.15) is 17.3 Å². The molecule has 0 saturated carbocycles. The first-order valence-electron chi connectivity index (χ1n) is 10.8. The molecule has 1 amide bonds. The number of methoxy groups -OCH3 is 1. The second-order valence-corrected chi connectivity index (χ2v) is 7.99. The van der Waals surface area contributed by atoms with Crippen LogP contribution in [0.4, 0.5) is 4.39 Å². The molecule has 4 aromatic heterocycles.